The van der Waals surface area contributed by atoms with Crippen LogP contribution in [0.25, 0.3) is 11.1 Å². The number of fused-ring (bicyclic) bond motifs is 3. The lowest BCUT2D eigenvalue weighted by molar-refractivity contribution is 0.660. The first-order valence-corrected chi connectivity index (χ1v) is 10.3. The van der Waals surface area contributed by atoms with Crippen LogP contribution >= 0.6 is 0 Å². The first kappa shape index (κ1) is 18.3. The molecule has 0 spiro atoms. The van der Waals surface area contributed by atoms with Crippen molar-refractivity contribution in [1.82, 2.24) is 0 Å². The number of terminal acetylenes is 1. The van der Waals surface area contributed by atoms with Crippen LogP contribution in [0.15, 0.2) is 97.1 Å². The summed E-state index contributed by atoms with van der Waals surface area (Å²) >= 11 is 0. The Bertz CT molecular complexity index is 1220. The van der Waals surface area contributed by atoms with E-state index < -0.39 is 0 Å². The van der Waals surface area contributed by atoms with Gasteiger partial charge in [0.1, 0.15) is 0 Å². The fourth-order valence-electron chi connectivity index (χ4n) is 4.56. The van der Waals surface area contributed by atoms with Crippen LogP contribution in [-0.4, -0.2) is 0 Å². The van der Waals surface area contributed by atoms with Crippen molar-refractivity contribution in [1.29, 1.82) is 0 Å². The first-order valence-electron chi connectivity index (χ1n) is 10.3. The molecule has 1 nitrogen and oxygen atoms in total. The zero-order chi connectivity index (χ0) is 20.7. The molecule has 1 aliphatic carbocycles. The van der Waals surface area contributed by atoms with Crippen LogP contribution in [0.5, 0.6) is 0 Å². The fraction of sp³-hybridized carbons (Fsp3) is 0.103. The summed E-state index contributed by atoms with van der Waals surface area (Å²) in [6, 6.07) is 34.2. The summed E-state index contributed by atoms with van der Waals surface area (Å²) in [4.78, 5) is 2.31. The molecule has 0 atom stereocenters. The Hall–Kier alpha value is -3.76. The molecule has 4 aromatic carbocycles. The topological polar surface area (TPSA) is 3.24 Å². The molecule has 0 radical (unpaired) electrons. The van der Waals surface area contributed by atoms with E-state index in [0.29, 0.717) is 0 Å². The number of benzene rings is 4. The lowest BCUT2D eigenvalue weighted by Gasteiger charge is -2.28. The number of anilines is 3. The monoisotopic (exact) mass is 385 g/mol. The van der Waals surface area contributed by atoms with E-state index in [9.17, 15) is 0 Å². The van der Waals surface area contributed by atoms with Crippen molar-refractivity contribution < 1.29 is 0 Å². The summed E-state index contributed by atoms with van der Waals surface area (Å²) in [5, 5.41) is 0. The largest absolute Gasteiger partial charge is 0.310 e. The predicted molar refractivity (Wildman–Crippen MR) is 127 cm³/mol. The standard InChI is InChI=1S/C29H23N/c1-4-21-15-17-25-26-18-16-24(20-28(26)29(2,3)27(25)19-21)30(22-11-7-5-8-12-22)23-13-9-6-10-14-23/h1,5-20H,2-3H3. The van der Waals surface area contributed by atoms with Crippen LogP contribution in [0.4, 0.5) is 17.1 Å². The Morgan fingerprint density at radius 2 is 1.17 bits per heavy atom. The second-order valence-corrected chi connectivity index (χ2v) is 8.27. The van der Waals surface area contributed by atoms with Crippen LogP contribution in [0.2, 0.25) is 0 Å². The van der Waals surface area contributed by atoms with E-state index in [4.69, 9.17) is 6.42 Å². The molecular formula is C29H23N. The van der Waals surface area contributed by atoms with E-state index in [1.165, 1.54) is 22.3 Å². The molecule has 0 unspecified atom stereocenters. The van der Waals surface area contributed by atoms with Crippen molar-refractivity contribution in [3.8, 4) is 23.5 Å². The van der Waals surface area contributed by atoms with Crippen molar-refractivity contribution in [2.75, 3.05) is 4.90 Å². The zero-order valence-corrected chi connectivity index (χ0v) is 17.3. The summed E-state index contributed by atoms with van der Waals surface area (Å²) < 4.78 is 0. The van der Waals surface area contributed by atoms with Gasteiger partial charge in [-0.15, -0.1) is 6.42 Å². The molecule has 5 rings (SSSR count). The fourth-order valence-corrected chi connectivity index (χ4v) is 4.56. The predicted octanol–water partition coefficient (Wildman–Crippen LogP) is 7.44. The van der Waals surface area contributed by atoms with E-state index in [1.807, 2.05) is 6.07 Å². The molecule has 0 fully saturated rings. The highest BCUT2D eigenvalue weighted by atomic mass is 15.1. The average Bonchev–Trinajstić information content (AvgIpc) is 3.02. The van der Waals surface area contributed by atoms with E-state index >= 15 is 0 Å². The van der Waals surface area contributed by atoms with E-state index in [0.717, 1.165) is 22.6 Å². The molecule has 0 aliphatic heterocycles. The maximum Gasteiger partial charge on any atom is 0.0465 e. The highest BCUT2D eigenvalue weighted by molar-refractivity contribution is 5.85. The molecule has 0 bridgehead atoms. The molecular weight excluding hydrogens is 362 g/mol. The summed E-state index contributed by atoms with van der Waals surface area (Å²) in [6.45, 7) is 4.58. The quantitative estimate of drug-likeness (QED) is 0.331. The summed E-state index contributed by atoms with van der Waals surface area (Å²) in [6.07, 6.45) is 5.67. The third-order valence-electron chi connectivity index (χ3n) is 6.11. The van der Waals surface area contributed by atoms with Crippen molar-refractivity contribution >= 4 is 17.1 Å². The Morgan fingerprint density at radius 1 is 0.633 bits per heavy atom. The Kier molecular flexibility index (Phi) is 4.23. The lowest BCUT2D eigenvalue weighted by Crippen LogP contribution is -2.16. The Morgan fingerprint density at radius 3 is 1.73 bits per heavy atom. The number of para-hydroxylation sites is 2. The molecule has 0 saturated carbocycles. The van der Waals surface area contributed by atoms with Crippen LogP contribution in [-0.2, 0) is 5.41 Å². The molecule has 1 aliphatic rings. The molecule has 0 amide bonds. The van der Waals surface area contributed by atoms with E-state index in [2.05, 4.69) is 116 Å². The molecule has 0 saturated heterocycles. The Labute approximate surface area is 178 Å². The van der Waals surface area contributed by atoms with Crippen LogP contribution in [0.1, 0.15) is 30.5 Å². The molecule has 0 heterocycles. The average molecular weight is 386 g/mol. The summed E-state index contributed by atoms with van der Waals surface area (Å²) in [7, 11) is 0. The van der Waals surface area contributed by atoms with Crippen molar-refractivity contribution in [2.45, 2.75) is 19.3 Å². The highest BCUT2D eigenvalue weighted by Gasteiger charge is 2.36. The van der Waals surface area contributed by atoms with E-state index in [1.54, 1.807) is 0 Å². The maximum atomic E-state index is 5.67. The normalized spacial score (nSPS) is 13.2. The lowest BCUT2D eigenvalue weighted by atomic mass is 9.82. The molecule has 144 valence electrons. The molecule has 1 heteroatoms. The van der Waals surface area contributed by atoms with Gasteiger partial charge in [-0.3, -0.25) is 0 Å². The number of nitrogens with zero attached hydrogens (tertiary/aromatic N) is 1. The number of hydrogen-bond donors (Lipinski definition) is 0. The van der Waals surface area contributed by atoms with Gasteiger partial charge >= 0.3 is 0 Å². The minimum atomic E-state index is -0.105. The van der Waals surface area contributed by atoms with Crippen molar-refractivity contribution in [2.24, 2.45) is 0 Å². The van der Waals surface area contributed by atoms with Gasteiger partial charge in [0.05, 0.1) is 0 Å². The molecule has 4 aromatic rings. The molecule has 0 aromatic heterocycles. The number of hydrogen-bond acceptors (Lipinski definition) is 1. The van der Waals surface area contributed by atoms with Gasteiger partial charge in [-0.1, -0.05) is 68.3 Å². The minimum Gasteiger partial charge on any atom is -0.310 e. The minimum absolute atomic E-state index is 0.105. The summed E-state index contributed by atoms with van der Waals surface area (Å²) in [5.74, 6) is 2.79. The van der Waals surface area contributed by atoms with Crippen LogP contribution in [0.3, 0.4) is 0 Å². The molecule has 30 heavy (non-hydrogen) atoms. The van der Waals surface area contributed by atoms with Gasteiger partial charge in [0.15, 0.2) is 0 Å². The molecule has 0 N–H and O–H groups in total. The highest BCUT2D eigenvalue weighted by Crippen LogP contribution is 2.50. The van der Waals surface area contributed by atoms with Gasteiger partial charge in [-0.05, 0) is 70.8 Å². The van der Waals surface area contributed by atoms with Gasteiger partial charge in [0.2, 0.25) is 0 Å². The second-order valence-electron chi connectivity index (χ2n) is 8.27. The second kappa shape index (κ2) is 6.94. The zero-order valence-electron chi connectivity index (χ0n) is 17.3. The third kappa shape index (κ3) is 2.81. The van der Waals surface area contributed by atoms with Gasteiger partial charge in [-0.2, -0.15) is 0 Å². The SMILES string of the molecule is C#Cc1ccc2c(c1)C(C)(C)c1cc(N(c3ccccc3)c3ccccc3)ccc1-2. The Balaban J connectivity index is 1.69. The van der Waals surface area contributed by atoms with Gasteiger partial charge in [0.25, 0.3) is 0 Å². The van der Waals surface area contributed by atoms with Crippen LogP contribution in [0, 0.1) is 12.3 Å². The maximum absolute atomic E-state index is 5.67. The third-order valence-corrected chi connectivity index (χ3v) is 6.11. The van der Waals surface area contributed by atoms with Gasteiger partial charge in [-0.25, -0.2) is 0 Å². The first-order chi connectivity index (χ1) is 14.6. The van der Waals surface area contributed by atoms with Crippen molar-refractivity contribution in [3.05, 3.63) is 114 Å². The smallest absolute Gasteiger partial charge is 0.0465 e. The van der Waals surface area contributed by atoms with E-state index in [-0.39, 0.29) is 5.41 Å². The van der Waals surface area contributed by atoms with Gasteiger partial charge < -0.3 is 4.90 Å². The number of rotatable bonds is 3. The van der Waals surface area contributed by atoms with Crippen LogP contribution < -0.4 is 4.90 Å². The van der Waals surface area contributed by atoms with Gasteiger partial charge in [0, 0.05) is 28.0 Å². The summed E-state index contributed by atoms with van der Waals surface area (Å²) in [5.41, 5.74) is 9.49. The van der Waals surface area contributed by atoms with Crippen molar-refractivity contribution in [3.63, 3.8) is 0 Å².